The van der Waals surface area contributed by atoms with Gasteiger partial charge in [0.1, 0.15) is 11.5 Å². The van der Waals surface area contributed by atoms with Crippen LogP contribution in [-0.4, -0.2) is 51.5 Å². The number of hydrogen-bond donors (Lipinski definition) is 2. The minimum Gasteiger partial charge on any atom is -0.496 e. The molecule has 180 valence electrons. The van der Waals surface area contributed by atoms with Crippen molar-refractivity contribution in [1.29, 1.82) is 0 Å². The zero-order valence-electron chi connectivity index (χ0n) is 17.9. The Bertz CT molecular complexity index is 989. The number of benzene rings is 2. The molecule has 0 unspecified atom stereocenters. The lowest BCUT2D eigenvalue weighted by Crippen LogP contribution is -2.23. The molecule has 1 amide bonds. The number of carbonyl (C=O) groups is 4. The van der Waals surface area contributed by atoms with Crippen molar-refractivity contribution >= 4 is 77.9 Å². The van der Waals surface area contributed by atoms with E-state index in [2.05, 4.69) is 58.3 Å². The van der Waals surface area contributed by atoms with Crippen LogP contribution in [0.2, 0.25) is 0 Å². The third kappa shape index (κ3) is 11.6. The fourth-order valence-electron chi connectivity index (χ4n) is 1.78. The lowest BCUT2D eigenvalue weighted by Gasteiger charge is -2.07. The molecule has 0 saturated carbocycles. The van der Waals surface area contributed by atoms with Crippen LogP contribution in [0.5, 0.6) is 11.5 Å². The topological polar surface area (TPSA) is 143 Å². The average molecular weight is 613 g/mol. The van der Waals surface area contributed by atoms with E-state index >= 15 is 0 Å². The second kappa shape index (κ2) is 15.9. The van der Waals surface area contributed by atoms with Gasteiger partial charge in [0, 0.05) is 11.4 Å². The molecule has 13 heteroatoms. The van der Waals surface area contributed by atoms with Gasteiger partial charge in [0.05, 0.1) is 37.4 Å². The van der Waals surface area contributed by atoms with Gasteiger partial charge in [-0.1, -0.05) is 0 Å². The number of anilines is 2. The predicted octanol–water partition coefficient (Wildman–Crippen LogP) is 3.53. The molecule has 0 heterocycles. The maximum Gasteiger partial charge on any atom is 0.396 e. The van der Waals surface area contributed by atoms with Crippen molar-refractivity contribution in [3.8, 4) is 11.5 Å². The summed E-state index contributed by atoms with van der Waals surface area (Å²) in [6.07, 6.45) is 0. The van der Waals surface area contributed by atoms with Gasteiger partial charge in [-0.25, -0.2) is 9.59 Å². The standard InChI is InChI=1S/C10H10BrNO4.C7H8BrNO.C3H3ClO3/c1-15-8-4-3-6(5-7(8)11)12-9(13)10(14)16-2;1-10-7-3-2-5(9)4-6(7)8;1-7-3(6)2(4)5/h3-5H,1-2H3,(H,12,13);2-4H,9H2,1H3;1H3. The fourth-order valence-corrected chi connectivity index (χ4v) is 2.96. The Morgan fingerprint density at radius 3 is 1.67 bits per heavy atom. The summed E-state index contributed by atoms with van der Waals surface area (Å²) in [6, 6.07) is 10.3. The van der Waals surface area contributed by atoms with Crippen molar-refractivity contribution in [3.63, 3.8) is 0 Å². The minimum atomic E-state index is -1.09. The number of amides is 1. The summed E-state index contributed by atoms with van der Waals surface area (Å²) in [4.78, 5) is 41.5. The van der Waals surface area contributed by atoms with E-state index in [-0.39, 0.29) is 0 Å². The summed E-state index contributed by atoms with van der Waals surface area (Å²) in [5, 5.41) is 1.29. The molecule has 0 bridgehead atoms. The van der Waals surface area contributed by atoms with Gasteiger partial charge < -0.3 is 30.0 Å². The van der Waals surface area contributed by atoms with E-state index in [0.717, 1.165) is 30.1 Å². The Morgan fingerprint density at radius 2 is 1.30 bits per heavy atom. The van der Waals surface area contributed by atoms with Gasteiger partial charge in [0.15, 0.2) is 0 Å². The van der Waals surface area contributed by atoms with Crippen LogP contribution in [0.25, 0.3) is 0 Å². The van der Waals surface area contributed by atoms with Gasteiger partial charge in [-0.05, 0) is 79.9 Å². The first-order valence-electron chi connectivity index (χ1n) is 8.60. The monoisotopic (exact) mass is 610 g/mol. The minimum absolute atomic E-state index is 0.475. The first-order chi connectivity index (χ1) is 15.5. The van der Waals surface area contributed by atoms with Gasteiger partial charge in [-0.2, -0.15) is 0 Å². The number of rotatable bonds is 4. The summed E-state index contributed by atoms with van der Waals surface area (Å²) in [7, 11) is 5.39. The smallest absolute Gasteiger partial charge is 0.396 e. The van der Waals surface area contributed by atoms with Crippen LogP contribution >= 0.6 is 43.5 Å². The molecule has 0 aliphatic carbocycles. The first-order valence-corrected chi connectivity index (χ1v) is 10.6. The summed E-state index contributed by atoms with van der Waals surface area (Å²) < 4.78 is 19.7. The van der Waals surface area contributed by atoms with Gasteiger partial charge in [0.25, 0.3) is 0 Å². The van der Waals surface area contributed by atoms with Crippen LogP contribution < -0.4 is 20.5 Å². The number of nitrogens with two attached hydrogens (primary N) is 1. The van der Waals surface area contributed by atoms with Crippen molar-refractivity contribution in [2.45, 2.75) is 0 Å². The number of ether oxygens (including phenoxy) is 4. The number of methoxy groups -OCH3 is 4. The van der Waals surface area contributed by atoms with Crippen LogP contribution in [0.1, 0.15) is 0 Å². The zero-order chi connectivity index (χ0) is 25.6. The SMILES string of the molecule is COC(=O)C(=O)Cl.COC(=O)C(=O)Nc1ccc(OC)c(Br)c1.COc1ccc(N)cc1Br. The normalized spacial score (nSPS) is 9.06. The third-order valence-corrected chi connectivity index (χ3v) is 4.70. The molecule has 0 atom stereocenters. The molecule has 0 aliphatic rings. The largest absolute Gasteiger partial charge is 0.496 e. The molecule has 0 saturated heterocycles. The number of esters is 2. The van der Waals surface area contributed by atoms with E-state index in [1.54, 1.807) is 37.4 Å². The molecule has 0 aliphatic heterocycles. The molecule has 2 aromatic rings. The van der Waals surface area contributed by atoms with Crippen LogP contribution in [0.3, 0.4) is 0 Å². The molecule has 0 aromatic heterocycles. The number of halogens is 3. The van der Waals surface area contributed by atoms with Crippen LogP contribution in [-0.2, 0) is 28.7 Å². The Balaban J connectivity index is 0.000000514. The summed E-state index contributed by atoms with van der Waals surface area (Å²) in [5.41, 5.74) is 6.70. The molecule has 0 fully saturated rings. The average Bonchev–Trinajstić information content (AvgIpc) is 2.78. The van der Waals surface area contributed by atoms with Crippen molar-refractivity contribution < 1.29 is 38.1 Å². The summed E-state index contributed by atoms with van der Waals surface area (Å²) in [5.74, 6) is -1.35. The number of carbonyl (C=O) groups excluding carboxylic acids is 4. The Morgan fingerprint density at radius 1 is 0.818 bits per heavy atom. The fraction of sp³-hybridized carbons (Fsp3) is 0.200. The maximum atomic E-state index is 11.2. The highest BCUT2D eigenvalue weighted by Gasteiger charge is 2.14. The van der Waals surface area contributed by atoms with E-state index in [1.807, 2.05) is 6.07 Å². The molecule has 0 radical (unpaired) electrons. The van der Waals surface area contributed by atoms with E-state index in [1.165, 1.54) is 7.11 Å². The highest BCUT2D eigenvalue weighted by molar-refractivity contribution is 9.10. The lowest BCUT2D eigenvalue weighted by molar-refractivity contribution is -0.150. The Hall–Kier alpha value is -2.83. The quantitative estimate of drug-likeness (QED) is 0.229. The van der Waals surface area contributed by atoms with Crippen LogP contribution in [0, 0.1) is 0 Å². The number of nitrogen functional groups attached to an aromatic ring is 1. The molecule has 10 nitrogen and oxygen atoms in total. The highest BCUT2D eigenvalue weighted by atomic mass is 79.9. The van der Waals surface area contributed by atoms with Crippen LogP contribution in [0.15, 0.2) is 45.3 Å². The zero-order valence-corrected chi connectivity index (χ0v) is 21.9. The molecule has 2 aromatic carbocycles. The molecule has 2 rings (SSSR count). The molecular weight excluding hydrogens is 591 g/mol. The Labute approximate surface area is 211 Å². The maximum absolute atomic E-state index is 11.2. The molecular formula is C20H21Br2ClN2O8. The predicted molar refractivity (Wildman–Crippen MR) is 129 cm³/mol. The third-order valence-electron chi connectivity index (χ3n) is 3.30. The van der Waals surface area contributed by atoms with E-state index in [9.17, 15) is 19.2 Å². The molecule has 33 heavy (non-hydrogen) atoms. The van der Waals surface area contributed by atoms with Gasteiger partial charge in [-0.3, -0.25) is 9.59 Å². The van der Waals surface area contributed by atoms with Gasteiger partial charge in [0.2, 0.25) is 0 Å². The Kier molecular flexibility index (Phi) is 14.5. The summed E-state index contributed by atoms with van der Waals surface area (Å²) in [6.45, 7) is 0. The molecule has 3 N–H and O–H groups in total. The first kappa shape index (κ1) is 30.2. The van der Waals surface area contributed by atoms with E-state index in [4.69, 9.17) is 15.2 Å². The van der Waals surface area contributed by atoms with Crippen molar-refractivity contribution in [3.05, 3.63) is 45.3 Å². The molecule has 0 spiro atoms. The van der Waals surface area contributed by atoms with Crippen molar-refractivity contribution in [2.75, 3.05) is 39.5 Å². The van der Waals surface area contributed by atoms with E-state index < -0.39 is 23.1 Å². The van der Waals surface area contributed by atoms with Crippen LogP contribution in [0.4, 0.5) is 11.4 Å². The second-order valence-corrected chi connectivity index (χ2v) is 7.51. The second-order valence-electron chi connectivity index (χ2n) is 5.45. The van der Waals surface area contributed by atoms with Crippen molar-refractivity contribution in [2.24, 2.45) is 0 Å². The van der Waals surface area contributed by atoms with Crippen molar-refractivity contribution in [1.82, 2.24) is 0 Å². The van der Waals surface area contributed by atoms with E-state index in [0.29, 0.717) is 15.9 Å². The number of nitrogens with one attached hydrogen (secondary N) is 1. The number of hydrogen-bond acceptors (Lipinski definition) is 9. The lowest BCUT2D eigenvalue weighted by atomic mass is 10.3. The summed E-state index contributed by atoms with van der Waals surface area (Å²) >= 11 is 11.2. The van der Waals surface area contributed by atoms with Gasteiger partial charge >= 0.3 is 23.1 Å². The highest BCUT2D eigenvalue weighted by Crippen LogP contribution is 2.27. The van der Waals surface area contributed by atoms with Gasteiger partial charge in [-0.15, -0.1) is 0 Å².